The van der Waals surface area contributed by atoms with Gasteiger partial charge in [0.25, 0.3) is 0 Å². The number of hydrogen-bond donors (Lipinski definition) is 0. The minimum Gasteiger partial charge on any atom is -0.354 e. The molecule has 222 valence electrons. The predicted octanol–water partition coefficient (Wildman–Crippen LogP) is 6.02. The first-order valence-corrected chi connectivity index (χ1v) is 16.1. The van der Waals surface area contributed by atoms with Gasteiger partial charge < -0.3 is 4.90 Å². The number of piperazine rings is 1. The first-order chi connectivity index (χ1) is 19.6. The molecule has 7 nitrogen and oxygen atoms in total. The molecule has 1 aliphatic heterocycles. The number of hydrogen-bond acceptors (Lipinski definition) is 5. The quantitative estimate of drug-likeness (QED) is 0.277. The fourth-order valence-corrected chi connectivity index (χ4v) is 6.83. The van der Waals surface area contributed by atoms with Crippen molar-refractivity contribution < 1.29 is 12.8 Å². The number of allylic oxidation sites excluding steroid dienone is 1. The van der Waals surface area contributed by atoms with Crippen LogP contribution in [0.15, 0.2) is 53.4 Å². The van der Waals surface area contributed by atoms with Crippen LogP contribution in [0.4, 0.5) is 10.2 Å². The Morgan fingerprint density at radius 3 is 2.29 bits per heavy atom. The molecule has 1 aliphatic rings. The third-order valence-corrected chi connectivity index (χ3v) is 9.81. The molecule has 1 saturated heterocycles. The predicted molar refractivity (Wildman–Crippen MR) is 166 cm³/mol. The Hall–Kier alpha value is -3.01. The molecule has 0 atom stereocenters. The lowest BCUT2D eigenvalue weighted by atomic mass is 10.1. The molecule has 9 heteroatoms. The summed E-state index contributed by atoms with van der Waals surface area (Å²) in [5.41, 5.74) is 4.45. The van der Waals surface area contributed by atoms with Gasteiger partial charge in [0.05, 0.1) is 16.3 Å². The Morgan fingerprint density at radius 1 is 1.05 bits per heavy atom. The van der Waals surface area contributed by atoms with Crippen molar-refractivity contribution in [1.82, 2.24) is 19.0 Å². The number of aromatic nitrogens is 2. The molecule has 0 radical (unpaired) electrons. The standard InChI is InChI=1S/C32H44FN5O2S/c1-7-17-37(41(39,40)26(6)22-27-12-10-9-11-25(27)5)23-30-31(8-2)34-38(29-15-13-28(33)14-16-29)32(30)36-20-18-35(19-21-36)24(3)4/h9-16,22,24H,7-8,17-21,23H2,1-6H3/b26-22+. The van der Waals surface area contributed by atoms with Crippen molar-refractivity contribution in [2.75, 3.05) is 37.6 Å². The summed E-state index contributed by atoms with van der Waals surface area (Å²) in [5, 5.41) is 4.98. The Bertz CT molecular complexity index is 1460. The van der Waals surface area contributed by atoms with Crippen LogP contribution in [0, 0.1) is 12.7 Å². The summed E-state index contributed by atoms with van der Waals surface area (Å²) in [4.78, 5) is 5.08. The number of nitrogens with zero attached hydrogens (tertiary/aromatic N) is 5. The monoisotopic (exact) mass is 581 g/mol. The fourth-order valence-electron chi connectivity index (χ4n) is 5.42. The Morgan fingerprint density at radius 2 is 1.71 bits per heavy atom. The molecule has 1 fully saturated rings. The number of rotatable bonds is 11. The maximum atomic E-state index is 14.0. The SMILES string of the molecule is CCCN(Cc1c(CC)nn(-c2ccc(F)cc2)c1N1CCN(C(C)C)CC1)S(=O)(=O)/C(C)=C/c1ccccc1C. The van der Waals surface area contributed by atoms with Crippen LogP contribution >= 0.6 is 0 Å². The van der Waals surface area contributed by atoms with Crippen LogP contribution in [0.25, 0.3) is 11.8 Å². The van der Waals surface area contributed by atoms with Gasteiger partial charge in [-0.2, -0.15) is 9.40 Å². The van der Waals surface area contributed by atoms with E-state index in [1.807, 2.05) is 49.7 Å². The van der Waals surface area contributed by atoms with Gasteiger partial charge in [-0.15, -0.1) is 0 Å². The lowest BCUT2D eigenvalue weighted by molar-refractivity contribution is 0.208. The Kier molecular flexibility index (Phi) is 10.0. The van der Waals surface area contributed by atoms with Gasteiger partial charge in [-0.05, 0) is 82.0 Å². The van der Waals surface area contributed by atoms with Crippen LogP contribution in [-0.2, 0) is 23.0 Å². The van der Waals surface area contributed by atoms with E-state index in [-0.39, 0.29) is 12.4 Å². The minimum absolute atomic E-state index is 0.221. The molecule has 3 aromatic rings. The van der Waals surface area contributed by atoms with E-state index in [9.17, 15) is 12.8 Å². The van der Waals surface area contributed by atoms with E-state index in [2.05, 4.69) is 23.6 Å². The van der Waals surface area contributed by atoms with Gasteiger partial charge in [-0.25, -0.2) is 17.5 Å². The normalized spacial score (nSPS) is 15.3. The van der Waals surface area contributed by atoms with E-state index in [0.717, 1.165) is 60.1 Å². The molecule has 4 rings (SSSR count). The molecule has 0 aliphatic carbocycles. The topological polar surface area (TPSA) is 61.7 Å². The highest BCUT2D eigenvalue weighted by Gasteiger charge is 2.31. The lowest BCUT2D eigenvalue weighted by Crippen LogP contribution is -2.49. The smallest absolute Gasteiger partial charge is 0.239 e. The number of sulfonamides is 1. The molecule has 0 unspecified atom stereocenters. The van der Waals surface area contributed by atoms with Gasteiger partial charge >= 0.3 is 0 Å². The molecular formula is C32H44FN5O2S. The first-order valence-electron chi connectivity index (χ1n) is 14.7. The molecule has 0 bridgehead atoms. The van der Waals surface area contributed by atoms with E-state index in [1.54, 1.807) is 29.4 Å². The third kappa shape index (κ3) is 6.90. The van der Waals surface area contributed by atoms with E-state index in [4.69, 9.17) is 5.10 Å². The second-order valence-corrected chi connectivity index (χ2v) is 13.2. The van der Waals surface area contributed by atoms with Crippen molar-refractivity contribution in [2.24, 2.45) is 0 Å². The molecule has 0 amide bonds. The van der Waals surface area contributed by atoms with Crippen LogP contribution in [0.2, 0.25) is 0 Å². The maximum Gasteiger partial charge on any atom is 0.239 e. The van der Waals surface area contributed by atoms with E-state index in [1.165, 1.54) is 12.1 Å². The lowest BCUT2D eigenvalue weighted by Gasteiger charge is -2.38. The zero-order chi connectivity index (χ0) is 29.7. The van der Waals surface area contributed by atoms with Crippen molar-refractivity contribution in [1.29, 1.82) is 0 Å². The minimum atomic E-state index is -3.75. The summed E-state index contributed by atoms with van der Waals surface area (Å²) in [7, 11) is -3.75. The molecular weight excluding hydrogens is 537 g/mol. The highest BCUT2D eigenvalue weighted by Crippen LogP contribution is 2.32. The van der Waals surface area contributed by atoms with Gasteiger partial charge in [-0.3, -0.25) is 4.90 Å². The van der Waals surface area contributed by atoms with Crippen molar-refractivity contribution in [3.63, 3.8) is 0 Å². The number of aryl methyl sites for hydroxylation is 2. The number of halogens is 1. The van der Waals surface area contributed by atoms with Crippen LogP contribution in [0.5, 0.6) is 0 Å². The molecule has 0 N–H and O–H groups in total. The van der Waals surface area contributed by atoms with Crippen molar-refractivity contribution >= 4 is 21.9 Å². The van der Waals surface area contributed by atoms with E-state index >= 15 is 0 Å². The summed E-state index contributed by atoms with van der Waals surface area (Å²) < 4.78 is 45.4. The van der Waals surface area contributed by atoms with Crippen molar-refractivity contribution in [3.05, 3.63) is 81.6 Å². The molecule has 0 spiro atoms. The van der Waals surface area contributed by atoms with Crippen LogP contribution in [-0.4, -0.2) is 66.2 Å². The zero-order valence-electron chi connectivity index (χ0n) is 25.3. The summed E-state index contributed by atoms with van der Waals surface area (Å²) in [5.74, 6) is 0.591. The van der Waals surface area contributed by atoms with Gasteiger partial charge in [0.1, 0.15) is 11.6 Å². The molecule has 2 aromatic carbocycles. The van der Waals surface area contributed by atoms with Gasteiger partial charge in [0, 0.05) is 50.9 Å². The number of benzene rings is 2. The highest BCUT2D eigenvalue weighted by atomic mass is 32.2. The van der Waals surface area contributed by atoms with Crippen molar-refractivity contribution in [2.45, 2.75) is 67.0 Å². The highest BCUT2D eigenvalue weighted by molar-refractivity contribution is 7.93. The zero-order valence-corrected chi connectivity index (χ0v) is 26.1. The summed E-state index contributed by atoms with van der Waals surface area (Å²) in [6.45, 7) is 16.1. The first kappa shape index (κ1) is 30.9. The van der Waals surface area contributed by atoms with Crippen LogP contribution in [0.1, 0.15) is 63.4 Å². The van der Waals surface area contributed by atoms with Gasteiger partial charge in [-0.1, -0.05) is 38.1 Å². The van der Waals surface area contributed by atoms with Gasteiger partial charge in [0.15, 0.2) is 0 Å². The maximum absolute atomic E-state index is 14.0. The summed E-state index contributed by atoms with van der Waals surface area (Å²) in [6.07, 6.45) is 3.11. The largest absolute Gasteiger partial charge is 0.354 e. The fraction of sp³-hybridized carbons (Fsp3) is 0.469. The second kappa shape index (κ2) is 13.3. The van der Waals surface area contributed by atoms with E-state index in [0.29, 0.717) is 30.3 Å². The Labute approximate surface area is 245 Å². The molecule has 41 heavy (non-hydrogen) atoms. The molecule has 1 aromatic heterocycles. The third-order valence-electron chi connectivity index (χ3n) is 7.89. The molecule has 0 saturated carbocycles. The average molecular weight is 582 g/mol. The van der Waals surface area contributed by atoms with Crippen molar-refractivity contribution in [3.8, 4) is 5.69 Å². The van der Waals surface area contributed by atoms with Crippen LogP contribution < -0.4 is 4.90 Å². The second-order valence-electron chi connectivity index (χ2n) is 11.1. The van der Waals surface area contributed by atoms with Crippen LogP contribution in [0.3, 0.4) is 0 Å². The van der Waals surface area contributed by atoms with E-state index < -0.39 is 10.0 Å². The average Bonchev–Trinajstić information content (AvgIpc) is 3.32. The molecule has 2 heterocycles. The Balaban J connectivity index is 1.79. The van der Waals surface area contributed by atoms with Gasteiger partial charge in [0.2, 0.25) is 10.0 Å². The summed E-state index contributed by atoms with van der Waals surface area (Å²) in [6, 6.07) is 14.6. The number of anilines is 1. The summed E-state index contributed by atoms with van der Waals surface area (Å²) >= 11 is 0.